The molecule has 0 aliphatic carbocycles. The summed E-state index contributed by atoms with van der Waals surface area (Å²) in [6.45, 7) is 1.62. The van der Waals surface area contributed by atoms with E-state index in [9.17, 15) is 61.0 Å². The maximum absolute atomic E-state index is 13.5. The summed E-state index contributed by atoms with van der Waals surface area (Å²) in [5.41, 5.74) is 0. The van der Waals surface area contributed by atoms with E-state index in [1.165, 1.54) is 199 Å². The van der Waals surface area contributed by atoms with Gasteiger partial charge in [0.1, 0.15) is 73.2 Å². The molecule has 0 spiro atoms. The molecule has 3 aliphatic heterocycles. The Kier molecular flexibility index (Phi) is 57.5. The first-order valence-corrected chi connectivity index (χ1v) is 40.8. The fraction of sp³-hybridized carbons (Fsp3) is 0.819. The van der Waals surface area contributed by atoms with Crippen LogP contribution in [0.2, 0.25) is 0 Å². The standard InChI is InChI=1S/C83H147NO18/c1-3-5-7-9-11-13-15-17-19-21-22-23-24-25-26-27-28-29-30-31-32-33-34-35-36-37-38-39-40-41-42-43-44-45-47-49-51-53-55-57-59-61-71(89)84-66(67(88)60-58-56-54-52-50-48-46-20-18-16-14-12-10-8-6-4-2)65-97-81-77(95)74(92)79(69(63-86)99-81)102-83-78(96)75(93)80(70(64-87)100-83)101-82-76(94)73(91)72(90)68(62-85)98-82/h5,7,11,13,17,19,22-23,25-26,50,52,58,60,66-70,72-83,85-88,90-96H,3-4,6,8-10,12,14-16,18,20-21,24,27-49,51,53-57,59,61-65H2,1-2H3,(H,84,89)/b7-5-,13-11-,19-17-,23-22-,26-25-,52-50+,60-58+. The Morgan fingerprint density at radius 3 is 1.10 bits per heavy atom. The van der Waals surface area contributed by atoms with Crippen LogP contribution < -0.4 is 5.32 Å². The number of rotatable bonds is 64. The lowest BCUT2D eigenvalue weighted by Gasteiger charge is -2.48. The molecular formula is C83H147NO18. The van der Waals surface area contributed by atoms with Crippen molar-refractivity contribution in [2.24, 2.45) is 0 Å². The van der Waals surface area contributed by atoms with Gasteiger partial charge in [-0.05, 0) is 77.0 Å². The molecule has 1 amide bonds. The van der Waals surface area contributed by atoms with Gasteiger partial charge in [0.05, 0.1) is 38.6 Å². The number of ether oxygens (including phenoxy) is 6. The van der Waals surface area contributed by atoms with Crippen LogP contribution >= 0.6 is 0 Å². The predicted molar refractivity (Wildman–Crippen MR) is 406 cm³/mol. The molecule has 3 heterocycles. The van der Waals surface area contributed by atoms with Crippen molar-refractivity contribution in [3.05, 3.63) is 85.1 Å². The van der Waals surface area contributed by atoms with Crippen molar-refractivity contribution in [1.82, 2.24) is 5.32 Å². The molecule has 17 atom stereocenters. The molecule has 0 radical (unpaired) electrons. The Morgan fingerprint density at radius 1 is 0.363 bits per heavy atom. The van der Waals surface area contributed by atoms with Crippen LogP contribution in [0.3, 0.4) is 0 Å². The number of hydrogen-bond acceptors (Lipinski definition) is 18. The first-order chi connectivity index (χ1) is 49.8. The normalized spacial score (nSPS) is 26.6. The molecule has 3 fully saturated rings. The van der Waals surface area contributed by atoms with Crippen LogP contribution in [0.4, 0.5) is 0 Å². The minimum atomic E-state index is -1.98. The summed E-state index contributed by atoms with van der Waals surface area (Å²) in [5.74, 6) is -0.282. The lowest BCUT2D eigenvalue weighted by Crippen LogP contribution is -2.66. The number of carbonyl (C=O) groups excluding carboxylic acids is 1. The number of hydrogen-bond donors (Lipinski definition) is 12. The molecular weight excluding hydrogens is 1300 g/mol. The molecule has 19 nitrogen and oxygen atoms in total. The number of aliphatic hydroxyl groups excluding tert-OH is 11. The van der Waals surface area contributed by atoms with E-state index in [4.69, 9.17) is 28.4 Å². The maximum atomic E-state index is 13.5. The molecule has 0 bridgehead atoms. The van der Waals surface area contributed by atoms with Gasteiger partial charge >= 0.3 is 0 Å². The highest BCUT2D eigenvalue weighted by Gasteiger charge is 2.54. The Hall–Kier alpha value is -3.03. The van der Waals surface area contributed by atoms with E-state index in [1.54, 1.807) is 6.08 Å². The van der Waals surface area contributed by atoms with Gasteiger partial charge < -0.3 is 89.9 Å². The maximum Gasteiger partial charge on any atom is 0.220 e. The second-order valence-electron chi connectivity index (χ2n) is 28.8. The quantitative estimate of drug-likeness (QED) is 0.0199. The van der Waals surface area contributed by atoms with Crippen molar-refractivity contribution in [3.63, 3.8) is 0 Å². The van der Waals surface area contributed by atoms with Crippen LogP contribution in [0.25, 0.3) is 0 Å². The van der Waals surface area contributed by atoms with E-state index in [0.29, 0.717) is 12.8 Å². The van der Waals surface area contributed by atoms with Crippen molar-refractivity contribution < 1.29 is 89.4 Å². The minimum Gasteiger partial charge on any atom is -0.394 e. The molecule has 0 aromatic carbocycles. The third-order valence-electron chi connectivity index (χ3n) is 19.9. The van der Waals surface area contributed by atoms with Gasteiger partial charge in [0.2, 0.25) is 5.91 Å². The zero-order chi connectivity index (χ0) is 73.9. The van der Waals surface area contributed by atoms with Gasteiger partial charge in [0.15, 0.2) is 18.9 Å². The Bertz CT molecular complexity index is 2170. The largest absolute Gasteiger partial charge is 0.394 e. The van der Waals surface area contributed by atoms with Crippen LogP contribution in [0.15, 0.2) is 85.1 Å². The number of amides is 1. The highest BCUT2D eigenvalue weighted by molar-refractivity contribution is 5.76. The number of nitrogens with one attached hydrogen (secondary N) is 1. The van der Waals surface area contributed by atoms with E-state index in [0.717, 1.165) is 70.6 Å². The van der Waals surface area contributed by atoms with E-state index in [-0.39, 0.29) is 18.9 Å². The van der Waals surface area contributed by atoms with Gasteiger partial charge in [-0.1, -0.05) is 304 Å². The summed E-state index contributed by atoms with van der Waals surface area (Å²) in [5, 5.41) is 121. The van der Waals surface area contributed by atoms with Gasteiger partial charge in [0, 0.05) is 6.42 Å². The molecule has 0 saturated carbocycles. The lowest BCUT2D eigenvalue weighted by atomic mass is 9.96. The summed E-state index contributed by atoms with van der Waals surface area (Å²) < 4.78 is 34.4. The highest BCUT2D eigenvalue weighted by atomic mass is 16.8. The van der Waals surface area contributed by atoms with E-state index in [2.05, 4.69) is 92.1 Å². The summed E-state index contributed by atoms with van der Waals surface area (Å²) in [7, 11) is 0. The van der Waals surface area contributed by atoms with E-state index >= 15 is 0 Å². The van der Waals surface area contributed by atoms with Crippen LogP contribution in [0.1, 0.15) is 303 Å². The summed E-state index contributed by atoms with van der Waals surface area (Å²) >= 11 is 0. The smallest absolute Gasteiger partial charge is 0.220 e. The molecule has 3 saturated heterocycles. The number of unbranched alkanes of at least 4 members (excludes halogenated alkanes) is 36. The van der Waals surface area contributed by atoms with Crippen LogP contribution in [0.5, 0.6) is 0 Å². The Balaban J connectivity index is 1.29. The average molecular weight is 1450 g/mol. The number of carbonyl (C=O) groups is 1. The summed E-state index contributed by atoms with van der Waals surface area (Å²) in [6.07, 6.45) is 57.4. The SMILES string of the molecule is CC/C=C\C/C=C\C/C=C\C/C=C\C/C=C\CCCCCCCCCCCCCCCCCCCCCCCCCCCC(=O)NC(COC1OC(CO)C(OC2OC(CO)C(OC3OC(CO)C(O)C(O)C3O)C(O)C2O)C(O)C1O)C(O)/C=C/CC/C=C/CCCCCCCCCCCC. The monoisotopic (exact) mass is 1450 g/mol. The molecule has 3 aliphatic rings. The number of allylic oxidation sites excluding steroid dienone is 13. The Labute approximate surface area is 616 Å². The van der Waals surface area contributed by atoms with Crippen LogP contribution in [-0.4, -0.2) is 193 Å². The summed E-state index contributed by atoms with van der Waals surface area (Å²) in [4.78, 5) is 13.5. The molecule has 0 aromatic heterocycles. The fourth-order valence-corrected chi connectivity index (χ4v) is 13.4. The molecule has 0 aromatic rings. The highest BCUT2D eigenvalue weighted by Crippen LogP contribution is 2.33. The van der Waals surface area contributed by atoms with Crippen LogP contribution in [-0.2, 0) is 33.2 Å². The van der Waals surface area contributed by atoms with Gasteiger partial charge in [0.25, 0.3) is 0 Å². The van der Waals surface area contributed by atoms with E-state index in [1.807, 2.05) is 6.08 Å². The first kappa shape index (κ1) is 93.2. The second-order valence-corrected chi connectivity index (χ2v) is 28.8. The van der Waals surface area contributed by atoms with Crippen LogP contribution in [0, 0.1) is 0 Å². The fourth-order valence-electron chi connectivity index (χ4n) is 13.4. The first-order valence-electron chi connectivity index (χ1n) is 40.8. The van der Waals surface area contributed by atoms with Gasteiger partial charge in [-0.2, -0.15) is 0 Å². The molecule has 592 valence electrons. The predicted octanol–water partition coefficient (Wildman–Crippen LogP) is 13.8. The number of aliphatic hydroxyl groups is 11. The van der Waals surface area contributed by atoms with Gasteiger partial charge in [-0.25, -0.2) is 0 Å². The third kappa shape index (κ3) is 42.5. The van der Waals surface area contributed by atoms with Crippen molar-refractivity contribution in [3.8, 4) is 0 Å². The molecule has 12 N–H and O–H groups in total. The molecule has 19 heteroatoms. The molecule has 102 heavy (non-hydrogen) atoms. The van der Waals surface area contributed by atoms with Crippen molar-refractivity contribution in [2.75, 3.05) is 26.4 Å². The Morgan fingerprint density at radius 2 is 0.686 bits per heavy atom. The lowest BCUT2D eigenvalue weighted by molar-refractivity contribution is -0.379. The second kappa shape index (κ2) is 63.0. The zero-order valence-electron chi connectivity index (χ0n) is 63.3. The molecule has 17 unspecified atom stereocenters. The van der Waals surface area contributed by atoms with E-state index < -0.39 is 124 Å². The van der Waals surface area contributed by atoms with Crippen molar-refractivity contribution >= 4 is 5.91 Å². The van der Waals surface area contributed by atoms with Crippen molar-refractivity contribution in [2.45, 2.75) is 407 Å². The zero-order valence-corrected chi connectivity index (χ0v) is 63.3. The molecule has 3 rings (SSSR count). The third-order valence-corrected chi connectivity index (χ3v) is 19.9. The topological polar surface area (TPSA) is 307 Å². The summed E-state index contributed by atoms with van der Waals surface area (Å²) in [6, 6.07) is -0.991. The average Bonchev–Trinajstić information content (AvgIpc) is 0.755. The van der Waals surface area contributed by atoms with Crippen molar-refractivity contribution in [1.29, 1.82) is 0 Å². The van der Waals surface area contributed by atoms with Gasteiger partial charge in [-0.3, -0.25) is 4.79 Å². The minimum absolute atomic E-state index is 0.237. The van der Waals surface area contributed by atoms with Gasteiger partial charge in [-0.15, -0.1) is 0 Å².